The van der Waals surface area contributed by atoms with Crippen molar-refractivity contribution in [3.8, 4) is 0 Å². The molecule has 2 atom stereocenters. The lowest BCUT2D eigenvalue weighted by molar-refractivity contribution is 0.157. The Morgan fingerprint density at radius 1 is 1.24 bits per heavy atom. The predicted octanol–water partition coefficient (Wildman–Crippen LogP) is 2.18. The van der Waals surface area contributed by atoms with E-state index in [4.69, 9.17) is 20.5 Å². The van der Waals surface area contributed by atoms with Crippen LogP contribution in [0.1, 0.15) is 45.4 Å². The molecule has 0 saturated heterocycles. The van der Waals surface area contributed by atoms with Crippen LogP contribution in [0, 0.1) is 0 Å². The Morgan fingerprint density at radius 3 is 2.53 bits per heavy atom. The summed E-state index contributed by atoms with van der Waals surface area (Å²) in [5, 5.41) is 0. The molecule has 7 N–H and O–H groups in total. The van der Waals surface area contributed by atoms with Crippen LogP contribution in [0.25, 0.3) is 0 Å². The molecular formula is C10H28N3O3P. The molecule has 0 amide bonds. The number of hydrogen-bond donors (Lipinski definition) is 3. The van der Waals surface area contributed by atoms with Crippen molar-refractivity contribution in [1.82, 2.24) is 6.15 Å². The van der Waals surface area contributed by atoms with Gasteiger partial charge in [-0.25, -0.2) is 0 Å². The summed E-state index contributed by atoms with van der Waals surface area (Å²) in [5.74, 6) is 0. The van der Waals surface area contributed by atoms with Gasteiger partial charge < -0.3 is 22.1 Å². The van der Waals surface area contributed by atoms with Gasteiger partial charge in [-0.1, -0.05) is 19.8 Å². The van der Waals surface area contributed by atoms with Gasteiger partial charge in [0.2, 0.25) is 0 Å². The van der Waals surface area contributed by atoms with E-state index < -0.39 is 14.5 Å². The first-order valence-electron chi connectivity index (χ1n) is 5.99. The maximum Gasteiger partial charge on any atom is 0.320 e. The quantitative estimate of drug-likeness (QED) is 0.300. The van der Waals surface area contributed by atoms with Crippen LogP contribution >= 0.6 is 8.25 Å². The summed E-state index contributed by atoms with van der Waals surface area (Å²) >= 11 is 0. The van der Waals surface area contributed by atoms with Crippen LogP contribution < -0.4 is 17.6 Å². The van der Waals surface area contributed by atoms with Gasteiger partial charge in [0.25, 0.3) is 0 Å². The third kappa shape index (κ3) is 14.0. The molecule has 0 saturated carbocycles. The van der Waals surface area contributed by atoms with Gasteiger partial charge in [-0.2, -0.15) is 0 Å². The number of nitrogens with two attached hydrogens (primary N) is 2. The molecule has 17 heavy (non-hydrogen) atoms. The number of unbranched alkanes of at least 4 members (excludes halogenated alkanes) is 3. The average molecular weight is 269 g/mol. The van der Waals surface area contributed by atoms with E-state index in [-0.39, 0.29) is 6.15 Å². The number of hydrogen-bond acceptors (Lipinski definition) is 6. The van der Waals surface area contributed by atoms with Crippen molar-refractivity contribution >= 4 is 8.25 Å². The minimum Gasteiger partial charge on any atom is -0.344 e. The zero-order valence-corrected chi connectivity index (χ0v) is 11.8. The van der Waals surface area contributed by atoms with Gasteiger partial charge >= 0.3 is 8.25 Å². The van der Waals surface area contributed by atoms with E-state index in [1.165, 1.54) is 0 Å². The van der Waals surface area contributed by atoms with Gasteiger partial charge in [-0.3, -0.25) is 9.09 Å². The van der Waals surface area contributed by atoms with Gasteiger partial charge in [-0.05, 0) is 32.2 Å². The van der Waals surface area contributed by atoms with Gasteiger partial charge in [0.05, 0.1) is 6.61 Å². The first-order valence-corrected chi connectivity index (χ1v) is 7.22. The predicted molar refractivity (Wildman–Crippen MR) is 71.5 cm³/mol. The fourth-order valence-corrected chi connectivity index (χ4v) is 1.93. The molecular weight excluding hydrogens is 241 g/mol. The zero-order valence-electron chi connectivity index (χ0n) is 10.8. The lowest BCUT2D eigenvalue weighted by Crippen LogP contribution is -2.21. The molecule has 7 heteroatoms. The van der Waals surface area contributed by atoms with Crippen LogP contribution in [0.15, 0.2) is 0 Å². The zero-order chi connectivity index (χ0) is 12.2. The SMILES string of the molecule is CCCCO[PH](=O)OC(N)CCCCCN.N. The summed E-state index contributed by atoms with van der Waals surface area (Å²) in [4.78, 5) is 0. The first kappa shape index (κ1) is 19.4. The molecule has 0 fully saturated rings. The van der Waals surface area contributed by atoms with Crippen molar-refractivity contribution in [1.29, 1.82) is 0 Å². The second-order valence-corrected chi connectivity index (χ2v) is 4.77. The van der Waals surface area contributed by atoms with Crippen LogP contribution in [0.4, 0.5) is 0 Å². The first-order chi connectivity index (χ1) is 7.70. The molecule has 0 aliphatic heterocycles. The van der Waals surface area contributed by atoms with Gasteiger partial charge in [0.15, 0.2) is 0 Å². The summed E-state index contributed by atoms with van der Waals surface area (Å²) in [7, 11) is -2.40. The topological polar surface area (TPSA) is 123 Å². The smallest absolute Gasteiger partial charge is 0.320 e. The Balaban J connectivity index is 0. The molecule has 0 heterocycles. The van der Waals surface area contributed by atoms with E-state index in [1.807, 2.05) is 6.92 Å². The van der Waals surface area contributed by atoms with E-state index in [0.29, 0.717) is 19.6 Å². The highest BCUT2D eigenvalue weighted by atomic mass is 31.1. The molecule has 0 aromatic carbocycles. The Morgan fingerprint density at radius 2 is 1.94 bits per heavy atom. The fourth-order valence-electron chi connectivity index (χ4n) is 1.18. The Hall–Kier alpha value is 0.0300. The maximum absolute atomic E-state index is 11.3. The minimum absolute atomic E-state index is 0. The monoisotopic (exact) mass is 269 g/mol. The van der Waals surface area contributed by atoms with Crippen molar-refractivity contribution in [2.45, 2.75) is 51.7 Å². The second-order valence-electron chi connectivity index (χ2n) is 3.75. The van der Waals surface area contributed by atoms with Gasteiger partial charge in [0.1, 0.15) is 6.23 Å². The summed E-state index contributed by atoms with van der Waals surface area (Å²) in [6.45, 7) is 3.23. The third-order valence-electron chi connectivity index (χ3n) is 2.16. The van der Waals surface area contributed by atoms with Gasteiger partial charge in [-0.15, -0.1) is 0 Å². The van der Waals surface area contributed by atoms with E-state index in [0.717, 1.165) is 32.1 Å². The Kier molecular flexibility index (Phi) is 16.1. The molecule has 106 valence electrons. The van der Waals surface area contributed by atoms with Crippen molar-refractivity contribution < 1.29 is 13.6 Å². The Bertz CT molecular complexity index is 184. The fraction of sp³-hybridized carbons (Fsp3) is 1.00. The molecule has 0 aromatic heterocycles. The molecule has 0 rings (SSSR count). The minimum atomic E-state index is -2.40. The largest absolute Gasteiger partial charge is 0.344 e. The maximum atomic E-state index is 11.3. The van der Waals surface area contributed by atoms with E-state index in [9.17, 15) is 4.57 Å². The van der Waals surface area contributed by atoms with E-state index in [1.54, 1.807) is 0 Å². The van der Waals surface area contributed by atoms with E-state index >= 15 is 0 Å². The van der Waals surface area contributed by atoms with Gasteiger partial charge in [0, 0.05) is 0 Å². The molecule has 0 aliphatic carbocycles. The standard InChI is InChI=1S/C10H25N2O3P.H3N/c1-2-3-9-14-16(13)15-10(12)7-5-4-6-8-11;/h10,16H,2-9,11-12H2,1H3;1H3. The summed E-state index contributed by atoms with van der Waals surface area (Å²) in [6.07, 6.45) is 5.10. The summed E-state index contributed by atoms with van der Waals surface area (Å²) < 4.78 is 21.3. The van der Waals surface area contributed by atoms with Crippen LogP contribution in [-0.4, -0.2) is 19.4 Å². The second kappa shape index (κ2) is 14.1. The van der Waals surface area contributed by atoms with Crippen LogP contribution in [0.2, 0.25) is 0 Å². The van der Waals surface area contributed by atoms with E-state index in [2.05, 4.69) is 0 Å². The highest BCUT2D eigenvalue weighted by molar-refractivity contribution is 7.33. The lowest BCUT2D eigenvalue weighted by Gasteiger charge is -2.12. The van der Waals surface area contributed by atoms with Crippen LogP contribution in [0.5, 0.6) is 0 Å². The highest BCUT2D eigenvalue weighted by Gasteiger charge is 2.07. The Labute approximate surface area is 105 Å². The van der Waals surface area contributed by atoms with Crippen molar-refractivity contribution in [3.05, 3.63) is 0 Å². The third-order valence-corrected chi connectivity index (χ3v) is 3.09. The molecule has 0 spiro atoms. The molecule has 0 radical (unpaired) electrons. The van der Waals surface area contributed by atoms with Crippen molar-refractivity contribution in [3.63, 3.8) is 0 Å². The summed E-state index contributed by atoms with van der Waals surface area (Å²) in [6, 6.07) is 0. The summed E-state index contributed by atoms with van der Waals surface area (Å²) in [5.41, 5.74) is 11.0. The molecule has 2 unspecified atom stereocenters. The highest BCUT2D eigenvalue weighted by Crippen LogP contribution is 2.26. The molecule has 0 aromatic rings. The molecule has 0 bridgehead atoms. The average Bonchev–Trinajstić information content (AvgIpc) is 2.25. The number of rotatable bonds is 11. The molecule has 0 aliphatic rings. The van der Waals surface area contributed by atoms with Crippen molar-refractivity contribution in [2.24, 2.45) is 11.5 Å². The van der Waals surface area contributed by atoms with Crippen molar-refractivity contribution in [2.75, 3.05) is 13.2 Å². The molecule has 6 nitrogen and oxygen atoms in total. The lowest BCUT2D eigenvalue weighted by atomic mass is 10.2. The van der Waals surface area contributed by atoms with Crippen LogP contribution in [0.3, 0.4) is 0 Å². The van der Waals surface area contributed by atoms with Crippen LogP contribution in [-0.2, 0) is 13.6 Å². The normalized spacial score (nSPS) is 14.1.